The second-order valence-corrected chi connectivity index (χ2v) is 5.54. The average molecular weight is 300 g/mol. The molecule has 21 heavy (non-hydrogen) atoms. The first-order valence-electron chi connectivity index (χ1n) is 7.22. The molecule has 2 aromatic heterocycles. The molecule has 0 spiro atoms. The minimum Gasteiger partial charge on any atom is -0.280 e. The van der Waals surface area contributed by atoms with E-state index in [0.29, 0.717) is 5.88 Å². The summed E-state index contributed by atoms with van der Waals surface area (Å²) < 4.78 is 2.04. The summed E-state index contributed by atoms with van der Waals surface area (Å²) >= 11 is 6.06. The molecule has 0 bridgehead atoms. The maximum absolute atomic E-state index is 6.06. The first-order valence-corrected chi connectivity index (χ1v) is 7.75. The molecule has 0 saturated carbocycles. The molecule has 0 atom stereocenters. The number of halogens is 1. The van der Waals surface area contributed by atoms with Gasteiger partial charge >= 0.3 is 0 Å². The van der Waals surface area contributed by atoms with Gasteiger partial charge in [0.25, 0.3) is 0 Å². The zero-order chi connectivity index (χ0) is 14.8. The number of alkyl halides is 1. The smallest absolute Gasteiger partial charge is 0.164 e. The summed E-state index contributed by atoms with van der Waals surface area (Å²) in [5.41, 5.74) is 5.26. The molecule has 0 aliphatic carbocycles. The summed E-state index contributed by atoms with van der Waals surface area (Å²) in [5, 5.41) is 0. The van der Waals surface area contributed by atoms with Gasteiger partial charge in [-0.05, 0) is 42.7 Å². The molecule has 0 amide bonds. The van der Waals surface area contributed by atoms with Crippen LogP contribution in [0.2, 0.25) is 0 Å². The van der Waals surface area contributed by atoms with Crippen LogP contribution < -0.4 is 0 Å². The molecule has 0 N–H and O–H groups in total. The lowest BCUT2D eigenvalue weighted by molar-refractivity contribution is 0.917. The summed E-state index contributed by atoms with van der Waals surface area (Å²) in [5.74, 6) is 1.19. The zero-order valence-electron chi connectivity index (χ0n) is 12.3. The molecule has 3 aromatic rings. The quantitative estimate of drug-likeness (QED) is 0.668. The standard InChI is InChI=1S/C17H18ClN3/c1-3-4-13-5-7-14(8-6-13)21-16(10-18)20-15-9-12(2)11-19-17(15)21/h5-9,11H,3-4,10H2,1-2H3. The number of hydrogen-bond donors (Lipinski definition) is 0. The Morgan fingerprint density at radius 2 is 1.95 bits per heavy atom. The predicted octanol–water partition coefficient (Wildman–Crippen LogP) is 4.42. The summed E-state index contributed by atoms with van der Waals surface area (Å²) in [7, 11) is 0. The normalized spacial score (nSPS) is 11.2. The third kappa shape index (κ3) is 2.66. The molecule has 0 saturated heterocycles. The van der Waals surface area contributed by atoms with Crippen LogP contribution in [0.5, 0.6) is 0 Å². The second-order valence-electron chi connectivity index (χ2n) is 5.27. The lowest BCUT2D eigenvalue weighted by atomic mass is 10.1. The Bertz CT molecular complexity index is 760. The van der Waals surface area contributed by atoms with Gasteiger partial charge in [-0.15, -0.1) is 11.6 Å². The van der Waals surface area contributed by atoms with E-state index in [0.717, 1.165) is 41.1 Å². The first-order chi connectivity index (χ1) is 10.2. The molecule has 0 aliphatic rings. The van der Waals surface area contributed by atoms with Crippen molar-refractivity contribution in [2.75, 3.05) is 0 Å². The molecule has 0 radical (unpaired) electrons. The van der Waals surface area contributed by atoms with E-state index in [4.69, 9.17) is 11.6 Å². The molecular formula is C17H18ClN3. The fraction of sp³-hybridized carbons (Fsp3) is 0.294. The predicted molar refractivity (Wildman–Crippen MR) is 87.2 cm³/mol. The maximum Gasteiger partial charge on any atom is 0.164 e. The molecule has 0 fully saturated rings. The van der Waals surface area contributed by atoms with Crippen LogP contribution in [-0.2, 0) is 12.3 Å². The van der Waals surface area contributed by atoms with Crippen LogP contribution in [0.25, 0.3) is 16.9 Å². The van der Waals surface area contributed by atoms with Gasteiger partial charge in [-0.1, -0.05) is 25.5 Å². The highest BCUT2D eigenvalue weighted by atomic mass is 35.5. The van der Waals surface area contributed by atoms with Gasteiger partial charge in [0.1, 0.15) is 11.3 Å². The van der Waals surface area contributed by atoms with Gasteiger partial charge in [0.05, 0.1) is 5.88 Å². The third-order valence-electron chi connectivity index (χ3n) is 3.56. The van der Waals surface area contributed by atoms with Crippen LogP contribution in [0.3, 0.4) is 0 Å². The molecule has 2 heterocycles. The largest absolute Gasteiger partial charge is 0.280 e. The number of fused-ring (bicyclic) bond motifs is 1. The van der Waals surface area contributed by atoms with Crippen LogP contribution in [-0.4, -0.2) is 14.5 Å². The second kappa shape index (κ2) is 5.86. The number of nitrogens with zero attached hydrogens (tertiary/aromatic N) is 3. The van der Waals surface area contributed by atoms with Crippen molar-refractivity contribution in [3.8, 4) is 5.69 Å². The molecule has 4 heteroatoms. The van der Waals surface area contributed by atoms with Crippen LogP contribution in [0.1, 0.15) is 30.3 Å². The Labute approximate surface area is 129 Å². The van der Waals surface area contributed by atoms with Gasteiger partial charge in [-0.3, -0.25) is 4.57 Å². The SMILES string of the molecule is CCCc1ccc(-n2c(CCl)nc3cc(C)cnc32)cc1. The monoisotopic (exact) mass is 299 g/mol. The van der Waals surface area contributed by atoms with Crippen molar-refractivity contribution in [2.45, 2.75) is 32.6 Å². The Morgan fingerprint density at radius 3 is 2.62 bits per heavy atom. The number of aryl methyl sites for hydroxylation is 2. The van der Waals surface area contributed by atoms with Gasteiger partial charge in [0.2, 0.25) is 0 Å². The molecule has 1 aromatic carbocycles. The number of benzene rings is 1. The number of imidazole rings is 1. The lowest BCUT2D eigenvalue weighted by Crippen LogP contribution is -2.00. The molecule has 0 unspecified atom stereocenters. The molecule has 3 nitrogen and oxygen atoms in total. The number of hydrogen-bond acceptors (Lipinski definition) is 2. The highest BCUT2D eigenvalue weighted by Crippen LogP contribution is 2.22. The minimum atomic E-state index is 0.367. The molecule has 0 aliphatic heterocycles. The van der Waals surface area contributed by atoms with Crippen LogP contribution in [0.4, 0.5) is 0 Å². The number of aromatic nitrogens is 3. The molecule has 108 valence electrons. The van der Waals surface area contributed by atoms with Crippen molar-refractivity contribution < 1.29 is 0 Å². The van der Waals surface area contributed by atoms with Crippen molar-refractivity contribution in [1.29, 1.82) is 0 Å². The number of pyridine rings is 1. The highest BCUT2D eigenvalue weighted by Gasteiger charge is 2.12. The fourth-order valence-electron chi connectivity index (χ4n) is 2.57. The van der Waals surface area contributed by atoms with Gasteiger partial charge in [0.15, 0.2) is 5.65 Å². The van der Waals surface area contributed by atoms with Crippen molar-refractivity contribution in [1.82, 2.24) is 14.5 Å². The van der Waals surface area contributed by atoms with Crippen molar-refractivity contribution in [3.05, 3.63) is 53.5 Å². The summed E-state index contributed by atoms with van der Waals surface area (Å²) in [6.45, 7) is 4.21. The van der Waals surface area contributed by atoms with Gasteiger partial charge in [-0.2, -0.15) is 0 Å². The topological polar surface area (TPSA) is 30.7 Å². The minimum absolute atomic E-state index is 0.367. The van der Waals surface area contributed by atoms with E-state index in [1.807, 2.05) is 23.8 Å². The Balaban J connectivity index is 2.13. The van der Waals surface area contributed by atoms with Gasteiger partial charge in [0, 0.05) is 11.9 Å². The van der Waals surface area contributed by atoms with Crippen LogP contribution >= 0.6 is 11.6 Å². The summed E-state index contributed by atoms with van der Waals surface area (Å²) in [6, 6.07) is 10.6. The highest BCUT2D eigenvalue weighted by molar-refractivity contribution is 6.16. The summed E-state index contributed by atoms with van der Waals surface area (Å²) in [6.07, 6.45) is 4.12. The summed E-state index contributed by atoms with van der Waals surface area (Å²) in [4.78, 5) is 9.12. The molecule has 3 rings (SSSR count). The van der Waals surface area contributed by atoms with Crippen molar-refractivity contribution >= 4 is 22.8 Å². The third-order valence-corrected chi connectivity index (χ3v) is 3.80. The fourth-order valence-corrected chi connectivity index (χ4v) is 2.75. The van der Waals surface area contributed by atoms with E-state index in [-0.39, 0.29) is 0 Å². The zero-order valence-corrected chi connectivity index (χ0v) is 13.1. The Hall–Kier alpha value is -1.87. The molecular weight excluding hydrogens is 282 g/mol. The first kappa shape index (κ1) is 14.1. The van der Waals surface area contributed by atoms with Crippen LogP contribution in [0.15, 0.2) is 36.5 Å². The average Bonchev–Trinajstić information content (AvgIpc) is 2.86. The Kier molecular flexibility index (Phi) is 3.93. The number of rotatable bonds is 4. The lowest BCUT2D eigenvalue weighted by Gasteiger charge is -2.08. The van der Waals surface area contributed by atoms with Crippen LogP contribution in [0, 0.1) is 6.92 Å². The van der Waals surface area contributed by atoms with Crippen molar-refractivity contribution in [3.63, 3.8) is 0 Å². The van der Waals surface area contributed by atoms with Gasteiger partial charge < -0.3 is 0 Å². The van der Waals surface area contributed by atoms with E-state index in [9.17, 15) is 0 Å². The van der Waals surface area contributed by atoms with E-state index in [2.05, 4.69) is 41.2 Å². The van der Waals surface area contributed by atoms with Crippen molar-refractivity contribution in [2.24, 2.45) is 0 Å². The maximum atomic E-state index is 6.06. The Morgan fingerprint density at radius 1 is 1.19 bits per heavy atom. The van der Waals surface area contributed by atoms with E-state index in [1.165, 1.54) is 5.56 Å². The van der Waals surface area contributed by atoms with E-state index >= 15 is 0 Å². The van der Waals surface area contributed by atoms with E-state index < -0.39 is 0 Å². The van der Waals surface area contributed by atoms with E-state index in [1.54, 1.807) is 0 Å². The van der Waals surface area contributed by atoms with Gasteiger partial charge in [-0.25, -0.2) is 9.97 Å².